The molecule has 1 fully saturated rings. The maximum atomic E-state index is 12.0. The fourth-order valence-corrected chi connectivity index (χ4v) is 2.96. The van der Waals surface area contributed by atoms with Crippen molar-refractivity contribution in [3.63, 3.8) is 0 Å². The maximum absolute atomic E-state index is 12.0. The first-order chi connectivity index (χ1) is 9.47. The van der Waals surface area contributed by atoms with Crippen LogP contribution < -0.4 is 5.32 Å². The lowest BCUT2D eigenvalue weighted by molar-refractivity contribution is -0.131. The second-order valence-electron chi connectivity index (χ2n) is 6.29. The van der Waals surface area contributed by atoms with Gasteiger partial charge < -0.3 is 10.2 Å². The number of hydrogen-bond donors (Lipinski definition) is 1. The highest BCUT2D eigenvalue weighted by atomic mass is 32.1. The highest BCUT2D eigenvalue weighted by Crippen LogP contribution is 2.22. The molecular weight excluding hydrogens is 272 g/mol. The molecule has 0 atom stereocenters. The molecule has 2 heterocycles. The predicted octanol–water partition coefficient (Wildman–Crippen LogP) is 2.65. The van der Waals surface area contributed by atoms with Gasteiger partial charge in [-0.05, 0) is 19.3 Å². The minimum atomic E-state index is -0.0277. The van der Waals surface area contributed by atoms with E-state index in [1.54, 1.807) is 0 Å². The van der Waals surface area contributed by atoms with Crippen molar-refractivity contribution in [1.82, 2.24) is 14.3 Å². The number of nitrogens with one attached hydrogen (secondary N) is 1. The number of piperidine rings is 1. The molecule has 0 saturated carbocycles. The summed E-state index contributed by atoms with van der Waals surface area (Å²) < 4.78 is 4.35. The summed E-state index contributed by atoms with van der Waals surface area (Å²) in [6.45, 7) is 8.77. The Kier molecular flexibility index (Phi) is 4.96. The fraction of sp³-hybridized carbons (Fsp3) is 0.786. The van der Waals surface area contributed by atoms with E-state index in [-0.39, 0.29) is 11.3 Å². The lowest BCUT2D eigenvalue weighted by Gasteiger charge is -2.26. The van der Waals surface area contributed by atoms with Gasteiger partial charge in [-0.1, -0.05) is 20.8 Å². The zero-order chi connectivity index (χ0) is 14.6. The second kappa shape index (κ2) is 6.52. The largest absolute Gasteiger partial charge is 0.360 e. The van der Waals surface area contributed by atoms with Crippen LogP contribution in [0.5, 0.6) is 0 Å². The zero-order valence-corrected chi connectivity index (χ0v) is 13.4. The summed E-state index contributed by atoms with van der Waals surface area (Å²) in [6.07, 6.45) is 4.07. The number of nitrogens with zero attached hydrogens (tertiary/aromatic N) is 3. The Bertz CT molecular complexity index is 446. The van der Waals surface area contributed by atoms with Gasteiger partial charge in [0.15, 0.2) is 0 Å². The Morgan fingerprint density at radius 1 is 1.30 bits per heavy atom. The van der Waals surface area contributed by atoms with Crippen LogP contribution >= 0.6 is 11.5 Å². The topological polar surface area (TPSA) is 58.1 Å². The standard InChI is InChI=1S/C14H24N4OS/c1-14(2,3)12-16-13(20-17-12)15-8-7-11(19)18-9-5-4-6-10-18/h4-10H2,1-3H3,(H,15,16,17). The Hall–Kier alpha value is -1.17. The first-order valence-corrected chi connectivity index (χ1v) is 8.10. The van der Waals surface area contributed by atoms with Gasteiger partial charge in [0.25, 0.3) is 0 Å². The molecule has 1 aromatic heterocycles. The molecule has 0 bridgehead atoms. The number of anilines is 1. The molecule has 1 amide bonds. The van der Waals surface area contributed by atoms with Crippen LogP contribution in [0.25, 0.3) is 0 Å². The van der Waals surface area contributed by atoms with E-state index in [2.05, 4.69) is 35.4 Å². The Labute approximate surface area is 124 Å². The summed E-state index contributed by atoms with van der Waals surface area (Å²) in [5.74, 6) is 1.10. The third kappa shape index (κ3) is 4.16. The Balaban J connectivity index is 1.75. The van der Waals surface area contributed by atoms with Gasteiger partial charge in [-0.2, -0.15) is 4.37 Å². The summed E-state index contributed by atoms with van der Waals surface area (Å²) in [5, 5.41) is 4.01. The molecule has 1 aliphatic heterocycles. The molecule has 1 aliphatic rings. The Morgan fingerprint density at radius 2 is 2.00 bits per heavy atom. The number of likely N-dealkylation sites (tertiary alicyclic amines) is 1. The number of amides is 1. The molecule has 6 heteroatoms. The quantitative estimate of drug-likeness (QED) is 0.928. The molecule has 5 nitrogen and oxygen atoms in total. The summed E-state index contributed by atoms with van der Waals surface area (Å²) in [4.78, 5) is 18.4. The molecule has 1 saturated heterocycles. The van der Waals surface area contributed by atoms with Crippen LogP contribution in [-0.2, 0) is 10.2 Å². The van der Waals surface area contributed by atoms with E-state index < -0.39 is 0 Å². The SMILES string of the molecule is CC(C)(C)c1nsc(NCCC(=O)N2CCCCC2)n1. The number of hydrogen-bond acceptors (Lipinski definition) is 5. The Morgan fingerprint density at radius 3 is 2.60 bits per heavy atom. The smallest absolute Gasteiger partial charge is 0.224 e. The van der Waals surface area contributed by atoms with Crippen LogP contribution in [0.3, 0.4) is 0 Å². The number of aromatic nitrogens is 2. The first-order valence-electron chi connectivity index (χ1n) is 7.32. The molecule has 0 unspecified atom stereocenters. The van der Waals surface area contributed by atoms with Crippen molar-refractivity contribution in [2.75, 3.05) is 25.0 Å². The van der Waals surface area contributed by atoms with E-state index in [4.69, 9.17) is 0 Å². The average molecular weight is 296 g/mol. The van der Waals surface area contributed by atoms with Gasteiger partial charge in [0.05, 0.1) is 0 Å². The van der Waals surface area contributed by atoms with Crippen LogP contribution in [-0.4, -0.2) is 39.8 Å². The predicted molar refractivity (Wildman–Crippen MR) is 82.1 cm³/mol. The lowest BCUT2D eigenvalue weighted by Crippen LogP contribution is -2.36. The third-order valence-corrected chi connectivity index (χ3v) is 4.09. The zero-order valence-electron chi connectivity index (χ0n) is 12.6. The number of rotatable bonds is 4. The molecule has 0 spiro atoms. The second-order valence-corrected chi connectivity index (χ2v) is 7.04. The molecule has 0 aliphatic carbocycles. The molecule has 1 N–H and O–H groups in total. The van der Waals surface area contributed by atoms with Gasteiger partial charge >= 0.3 is 0 Å². The molecule has 0 radical (unpaired) electrons. The highest BCUT2D eigenvalue weighted by molar-refractivity contribution is 7.09. The number of carbonyl (C=O) groups excluding carboxylic acids is 1. The van der Waals surface area contributed by atoms with E-state index >= 15 is 0 Å². The molecule has 0 aromatic carbocycles. The van der Waals surface area contributed by atoms with E-state index in [1.165, 1.54) is 18.0 Å². The van der Waals surface area contributed by atoms with Crippen LogP contribution in [0, 0.1) is 0 Å². The maximum Gasteiger partial charge on any atom is 0.224 e. The van der Waals surface area contributed by atoms with E-state index in [0.717, 1.165) is 36.9 Å². The summed E-state index contributed by atoms with van der Waals surface area (Å²) >= 11 is 1.37. The molecular formula is C14H24N4OS. The van der Waals surface area contributed by atoms with Gasteiger partial charge in [-0.15, -0.1) is 0 Å². The third-order valence-electron chi connectivity index (χ3n) is 3.42. The van der Waals surface area contributed by atoms with Crippen molar-refractivity contribution in [2.45, 2.75) is 51.9 Å². The van der Waals surface area contributed by atoms with Crippen molar-refractivity contribution in [1.29, 1.82) is 0 Å². The van der Waals surface area contributed by atoms with Gasteiger partial charge in [0.1, 0.15) is 5.82 Å². The molecule has 2 rings (SSSR count). The summed E-state index contributed by atoms with van der Waals surface area (Å²) in [6, 6.07) is 0. The van der Waals surface area contributed by atoms with E-state index in [1.807, 2.05) is 4.90 Å². The van der Waals surface area contributed by atoms with Crippen LogP contribution in [0.1, 0.15) is 52.3 Å². The molecule has 1 aromatic rings. The van der Waals surface area contributed by atoms with Crippen LogP contribution in [0.2, 0.25) is 0 Å². The van der Waals surface area contributed by atoms with Crippen LogP contribution in [0.15, 0.2) is 0 Å². The molecule has 112 valence electrons. The summed E-state index contributed by atoms with van der Waals surface area (Å²) in [5.41, 5.74) is -0.0277. The average Bonchev–Trinajstić information content (AvgIpc) is 2.88. The highest BCUT2D eigenvalue weighted by Gasteiger charge is 2.20. The minimum absolute atomic E-state index is 0.0277. The van der Waals surface area contributed by atoms with Gasteiger partial charge in [0, 0.05) is 43.0 Å². The van der Waals surface area contributed by atoms with Crippen molar-refractivity contribution in [2.24, 2.45) is 0 Å². The van der Waals surface area contributed by atoms with Gasteiger partial charge in [0.2, 0.25) is 11.0 Å². The monoisotopic (exact) mass is 296 g/mol. The lowest BCUT2D eigenvalue weighted by atomic mass is 9.96. The van der Waals surface area contributed by atoms with Crippen molar-refractivity contribution >= 4 is 22.6 Å². The van der Waals surface area contributed by atoms with Crippen LogP contribution in [0.4, 0.5) is 5.13 Å². The fourth-order valence-electron chi connectivity index (χ4n) is 2.18. The number of carbonyl (C=O) groups is 1. The van der Waals surface area contributed by atoms with Gasteiger partial charge in [-0.25, -0.2) is 4.98 Å². The van der Waals surface area contributed by atoms with Crippen molar-refractivity contribution in [3.8, 4) is 0 Å². The van der Waals surface area contributed by atoms with Crippen molar-refractivity contribution < 1.29 is 4.79 Å². The summed E-state index contributed by atoms with van der Waals surface area (Å²) in [7, 11) is 0. The molecule has 20 heavy (non-hydrogen) atoms. The van der Waals surface area contributed by atoms with Gasteiger partial charge in [-0.3, -0.25) is 4.79 Å². The van der Waals surface area contributed by atoms with E-state index in [9.17, 15) is 4.79 Å². The normalized spacial score (nSPS) is 16.2. The van der Waals surface area contributed by atoms with E-state index in [0.29, 0.717) is 13.0 Å². The minimum Gasteiger partial charge on any atom is -0.360 e. The first kappa shape index (κ1) is 15.2. The van der Waals surface area contributed by atoms with Crippen molar-refractivity contribution in [3.05, 3.63) is 5.82 Å².